The number of nitrogens with two attached hydrogens (primary N) is 1. The Hall–Kier alpha value is -2.64. The van der Waals surface area contributed by atoms with E-state index in [2.05, 4.69) is 25.2 Å². The van der Waals surface area contributed by atoms with Crippen molar-refractivity contribution >= 4 is 5.82 Å². The number of aromatic amines is 1. The van der Waals surface area contributed by atoms with Crippen LogP contribution >= 0.6 is 0 Å². The minimum Gasteiger partial charge on any atom is -0.383 e. The van der Waals surface area contributed by atoms with E-state index in [1.54, 1.807) is 25.6 Å². The molecule has 86 valence electrons. The predicted molar refractivity (Wildman–Crippen MR) is 58.5 cm³/mol. The molecule has 0 radical (unpaired) electrons. The Labute approximate surface area is 95.5 Å². The van der Waals surface area contributed by atoms with Crippen LogP contribution in [0.3, 0.4) is 0 Å². The van der Waals surface area contributed by atoms with Crippen molar-refractivity contribution in [3.8, 4) is 23.1 Å². The van der Waals surface area contributed by atoms with Gasteiger partial charge in [-0.3, -0.25) is 4.68 Å². The lowest BCUT2D eigenvalue weighted by atomic mass is 10.3. The highest BCUT2D eigenvalue weighted by atomic mass is 16.5. The summed E-state index contributed by atoms with van der Waals surface area (Å²) in [7, 11) is 1.74. The van der Waals surface area contributed by atoms with Gasteiger partial charge in [0.2, 0.25) is 5.82 Å². The summed E-state index contributed by atoms with van der Waals surface area (Å²) in [4.78, 5) is 11.1. The third-order valence-electron chi connectivity index (χ3n) is 2.35. The van der Waals surface area contributed by atoms with Crippen LogP contribution in [-0.4, -0.2) is 29.9 Å². The first kappa shape index (κ1) is 9.58. The smallest absolute Gasteiger partial charge is 0.263 e. The number of rotatable bonds is 2. The average molecular weight is 231 g/mol. The number of aromatic nitrogens is 6. The topological polar surface area (TPSA) is 111 Å². The van der Waals surface area contributed by atoms with Crippen LogP contribution in [0.15, 0.2) is 23.1 Å². The largest absolute Gasteiger partial charge is 0.383 e. The van der Waals surface area contributed by atoms with Crippen LogP contribution in [-0.2, 0) is 7.05 Å². The van der Waals surface area contributed by atoms with Crippen LogP contribution in [0.25, 0.3) is 23.1 Å². The van der Waals surface area contributed by atoms with Crippen molar-refractivity contribution in [3.05, 3.63) is 18.6 Å². The van der Waals surface area contributed by atoms with Gasteiger partial charge in [-0.1, -0.05) is 5.16 Å². The Morgan fingerprint density at radius 2 is 2.35 bits per heavy atom. The SMILES string of the molecule is Cn1ncc(-c2nc(-c3ncc[nH]3)no2)c1N. The summed E-state index contributed by atoms with van der Waals surface area (Å²) < 4.78 is 6.65. The normalized spacial score (nSPS) is 10.9. The predicted octanol–water partition coefficient (Wildman–Crippen LogP) is 0.442. The van der Waals surface area contributed by atoms with Crippen molar-refractivity contribution in [1.29, 1.82) is 0 Å². The van der Waals surface area contributed by atoms with E-state index in [4.69, 9.17) is 10.3 Å². The van der Waals surface area contributed by atoms with Gasteiger partial charge in [0.15, 0.2) is 5.82 Å². The molecule has 3 aromatic heterocycles. The number of H-pyrrole nitrogens is 1. The average Bonchev–Trinajstić information content (AvgIpc) is 3.01. The van der Waals surface area contributed by atoms with Crippen molar-refractivity contribution in [1.82, 2.24) is 29.9 Å². The fraction of sp³-hybridized carbons (Fsp3) is 0.111. The molecule has 8 heteroatoms. The second-order valence-corrected chi connectivity index (χ2v) is 3.43. The van der Waals surface area contributed by atoms with Gasteiger partial charge in [0.25, 0.3) is 5.89 Å². The fourth-order valence-electron chi connectivity index (χ4n) is 1.43. The van der Waals surface area contributed by atoms with E-state index in [9.17, 15) is 0 Å². The minimum absolute atomic E-state index is 0.321. The zero-order valence-corrected chi connectivity index (χ0v) is 8.95. The summed E-state index contributed by atoms with van der Waals surface area (Å²) in [5.74, 6) is 1.72. The molecule has 0 unspecified atom stereocenters. The summed E-state index contributed by atoms with van der Waals surface area (Å²) in [6.45, 7) is 0. The molecule has 17 heavy (non-hydrogen) atoms. The molecule has 8 nitrogen and oxygen atoms in total. The quantitative estimate of drug-likeness (QED) is 0.662. The number of nitrogens with zero attached hydrogens (tertiary/aromatic N) is 5. The van der Waals surface area contributed by atoms with E-state index in [0.29, 0.717) is 28.9 Å². The third kappa shape index (κ3) is 1.46. The van der Waals surface area contributed by atoms with Crippen molar-refractivity contribution in [3.63, 3.8) is 0 Å². The summed E-state index contributed by atoms with van der Waals surface area (Å²) >= 11 is 0. The van der Waals surface area contributed by atoms with Gasteiger partial charge in [-0.05, 0) is 0 Å². The molecule has 0 aliphatic carbocycles. The Bertz CT molecular complexity index is 636. The molecule has 3 N–H and O–H groups in total. The van der Waals surface area contributed by atoms with Crippen molar-refractivity contribution in [2.75, 3.05) is 5.73 Å². The molecular weight excluding hydrogens is 222 g/mol. The number of imidazole rings is 1. The number of nitrogens with one attached hydrogen (secondary N) is 1. The number of anilines is 1. The molecule has 0 amide bonds. The van der Waals surface area contributed by atoms with E-state index in [-0.39, 0.29) is 0 Å². The molecule has 3 aromatic rings. The lowest BCUT2D eigenvalue weighted by molar-refractivity contribution is 0.432. The van der Waals surface area contributed by atoms with Gasteiger partial charge >= 0.3 is 0 Å². The monoisotopic (exact) mass is 231 g/mol. The van der Waals surface area contributed by atoms with E-state index in [0.717, 1.165) is 0 Å². The molecular formula is C9H9N7O. The summed E-state index contributed by atoms with van der Waals surface area (Å²) in [6, 6.07) is 0. The van der Waals surface area contributed by atoms with E-state index in [1.165, 1.54) is 4.68 Å². The van der Waals surface area contributed by atoms with Crippen LogP contribution in [0, 0.1) is 0 Å². The maximum Gasteiger partial charge on any atom is 0.263 e. The number of hydrogen-bond acceptors (Lipinski definition) is 6. The molecule has 0 atom stereocenters. The molecule has 0 saturated carbocycles. The van der Waals surface area contributed by atoms with Gasteiger partial charge in [0.1, 0.15) is 11.4 Å². The van der Waals surface area contributed by atoms with Crippen molar-refractivity contribution in [2.24, 2.45) is 7.05 Å². The second kappa shape index (κ2) is 3.44. The van der Waals surface area contributed by atoms with Crippen molar-refractivity contribution < 1.29 is 4.52 Å². The maximum absolute atomic E-state index is 5.81. The third-order valence-corrected chi connectivity index (χ3v) is 2.35. The zero-order valence-electron chi connectivity index (χ0n) is 8.95. The molecule has 3 heterocycles. The number of hydrogen-bond donors (Lipinski definition) is 2. The van der Waals surface area contributed by atoms with Gasteiger partial charge in [-0.25, -0.2) is 4.98 Å². The van der Waals surface area contributed by atoms with Crippen LogP contribution < -0.4 is 5.73 Å². The molecule has 0 saturated heterocycles. The highest BCUT2D eigenvalue weighted by Gasteiger charge is 2.16. The lowest BCUT2D eigenvalue weighted by Gasteiger charge is -1.93. The molecule has 0 aromatic carbocycles. The van der Waals surface area contributed by atoms with Crippen LogP contribution in [0.2, 0.25) is 0 Å². The molecule has 0 bridgehead atoms. The molecule has 3 rings (SSSR count). The number of nitrogen functional groups attached to an aromatic ring is 1. The maximum atomic E-state index is 5.81. The molecule has 0 spiro atoms. The first-order chi connectivity index (χ1) is 8.25. The molecule has 0 aliphatic rings. The van der Waals surface area contributed by atoms with E-state index < -0.39 is 0 Å². The fourth-order valence-corrected chi connectivity index (χ4v) is 1.43. The Morgan fingerprint density at radius 3 is 3.00 bits per heavy atom. The van der Waals surface area contributed by atoms with Crippen molar-refractivity contribution in [2.45, 2.75) is 0 Å². The summed E-state index contributed by atoms with van der Waals surface area (Å²) in [5.41, 5.74) is 6.42. The zero-order chi connectivity index (χ0) is 11.8. The first-order valence-electron chi connectivity index (χ1n) is 4.87. The standard InChI is InChI=1S/C9H9N7O/c1-16-6(10)5(4-13-16)9-14-8(15-17-9)7-11-2-3-12-7/h2-4H,10H2,1H3,(H,11,12). The van der Waals surface area contributed by atoms with Gasteiger partial charge in [-0.15, -0.1) is 0 Å². The Morgan fingerprint density at radius 1 is 1.47 bits per heavy atom. The molecule has 0 aliphatic heterocycles. The Balaban J connectivity index is 2.04. The minimum atomic E-state index is 0.321. The van der Waals surface area contributed by atoms with Gasteiger partial charge < -0.3 is 15.2 Å². The van der Waals surface area contributed by atoms with Gasteiger partial charge in [-0.2, -0.15) is 10.1 Å². The van der Waals surface area contributed by atoms with Crippen LogP contribution in [0.1, 0.15) is 0 Å². The molecule has 0 fully saturated rings. The van der Waals surface area contributed by atoms with E-state index in [1.807, 2.05) is 0 Å². The second-order valence-electron chi connectivity index (χ2n) is 3.43. The van der Waals surface area contributed by atoms with Gasteiger partial charge in [0.05, 0.1) is 6.20 Å². The summed E-state index contributed by atoms with van der Waals surface area (Å²) in [5, 5.41) is 7.82. The highest BCUT2D eigenvalue weighted by Crippen LogP contribution is 2.24. The Kier molecular flexibility index (Phi) is 1.94. The number of aryl methyl sites for hydroxylation is 1. The van der Waals surface area contributed by atoms with Crippen LogP contribution in [0.4, 0.5) is 5.82 Å². The van der Waals surface area contributed by atoms with Gasteiger partial charge in [0, 0.05) is 19.4 Å². The van der Waals surface area contributed by atoms with Crippen LogP contribution in [0.5, 0.6) is 0 Å². The highest BCUT2D eigenvalue weighted by molar-refractivity contribution is 5.67. The lowest BCUT2D eigenvalue weighted by Crippen LogP contribution is -1.98. The summed E-state index contributed by atoms with van der Waals surface area (Å²) in [6.07, 6.45) is 4.88. The first-order valence-corrected chi connectivity index (χ1v) is 4.87. The van der Waals surface area contributed by atoms with E-state index >= 15 is 0 Å².